The minimum Gasteiger partial charge on any atom is -0.378 e. The number of anilines is 1. The number of benzene rings is 1. The lowest BCUT2D eigenvalue weighted by atomic mass is 10.0. The van der Waals surface area contributed by atoms with Crippen molar-refractivity contribution in [3.05, 3.63) is 29.8 Å². The van der Waals surface area contributed by atoms with Gasteiger partial charge in [0.1, 0.15) is 0 Å². The summed E-state index contributed by atoms with van der Waals surface area (Å²) in [5, 5.41) is 0. The van der Waals surface area contributed by atoms with Crippen molar-refractivity contribution in [1.82, 2.24) is 4.90 Å². The highest BCUT2D eigenvalue weighted by Crippen LogP contribution is 2.41. The number of fused-ring (bicyclic) bond motifs is 2. The molecule has 2 bridgehead atoms. The van der Waals surface area contributed by atoms with E-state index < -0.39 is 0 Å². The third-order valence-corrected chi connectivity index (χ3v) is 4.87. The Labute approximate surface area is 116 Å². The minimum absolute atomic E-state index is 0.409. The first-order valence-corrected chi connectivity index (χ1v) is 7.42. The largest absolute Gasteiger partial charge is 0.378 e. The van der Waals surface area contributed by atoms with Crippen molar-refractivity contribution in [1.29, 1.82) is 0 Å². The van der Waals surface area contributed by atoms with Crippen LogP contribution < -0.4 is 10.6 Å². The highest BCUT2D eigenvalue weighted by molar-refractivity contribution is 5.46. The number of nitrogens with zero attached hydrogens (tertiary/aromatic N) is 2. The van der Waals surface area contributed by atoms with Gasteiger partial charge in [-0.25, -0.2) is 0 Å². The predicted molar refractivity (Wildman–Crippen MR) is 80.4 cm³/mol. The Balaban J connectivity index is 1.78. The van der Waals surface area contributed by atoms with Gasteiger partial charge in [-0.3, -0.25) is 4.90 Å². The van der Waals surface area contributed by atoms with Crippen LogP contribution >= 0.6 is 0 Å². The predicted octanol–water partition coefficient (Wildman–Crippen LogP) is 2.24. The highest BCUT2D eigenvalue weighted by Gasteiger charge is 2.40. The Kier molecular flexibility index (Phi) is 3.50. The summed E-state index contributed by atoms with van der Waals surface area (Å²) in [6, 6.07) is 10.1. The topological polar surface area (TPSA) is 32.5 Å². The van der Waals surface area contributed by atoms with Crippen LogP contribution in [0.4, 0.5) is 5.69 Å². The second-order valence-electron chi connectivity index (χ2n) is 6.27. The summed E-state index contributed by atoms with van der Waals surface area (Å²) in [6.45, 7) is 1.98. The van der Waals surface area contributed by atoms with E-state index in [0.717, 1.165) is 18.5 Å². The molecule has 2 fully saturated rings. The van der Waals surface area contributed by atoms with Gasteiger partial charge in [-0.2, -0.15) is 0 Å². The van der Waals surface area contributed by atoms with E-state index in [1.54, 1.807) is 0 Å². The zero-order valence-electron chi connectivity index (χ0n) is 12.0. The fraction of sp³-hybridized carbons (Fsp3) is 0.625. The van der Waals surface area contributed by atoms with Crippen LogP contribution in [0.1, 0.15) is 30.9 Å². The first-order chi connectivity index (χ1) is 9.19. The lowest BCUT2D eigenvalue weighted by molar-refractivity contribution is 0.153. The van der Waals surface area contributed by atoms with Crippen LogP contribution in [0.25, 0.3) is 0 Å². The van der Waals surface area contributed by atoms with Gasteiger partial charge in [0.25, 0.3) is 0 Å². The molecule has 1 heterocycles. The molecule has 104 valence electrons. The average Bonchev–Trinajstić information content (AvgIpc) is 3.03. The molecule has 19 heavy (non-hydrogen) atoms. The molecular formula is C16H25N3. The lowest BCUT2D eigenvalue weighted by Gasteiger charge is -2.34. The number of rotatable bonds is 4. The van der Waals surface area contributed by atoms with Gasteiger partial charge in [-0.1, -0.05) is 12.1 Å². The number of hydrogen-bond acceptors (Lipinski definition) is 3. The van der Waals surface area contributed by atoms with E-state index in [0.29, 0.717) is 6.04 Å². The second kappa shape index (κ2) is 5.14. The van der Waals surface area contributed by atoms with Crippen molar-refractivity contribution < 1.29 is 0 Å². The molecular weight excluding hydrogens is 234 g/mol. The van der Waals surface area contributed by atoms with E-state index in [4.69, 9.17) is 5.73 Å². The van der Waals surface area contributed by atoms with Gasteiger partial charge in [0, 0.05) is 45.0 Å². The van der Waals surface area contributed by atoms with Crippen LogP contribution in [0.5, 0.6) is 0 Å². The zero-order valence-corrected chi connectivity index (χ0v) is 12.0. The van der Waals surface area contributed by atoms with Crippen molar-refractivity contribution in [2.75, 3.05) is 32.1 Å². The molecule has 1 aliphatic carbocycles. The molecule has 1 aromatic rings. The molecule has 1 aromatic carbocycles. The summed E-state index contributed by atoms with van der Waals surface area (Å²) >= 11 is 0. The van der Waals surface area contributed by atoms with E-state index in [2.05, 4.69) is 48.2 Å². The number of hydrogen-bond donors (Lipinski definition) is 1. The summed E-state index contributed by atoms with van der Waals surface area (Å²) in [5.41, 5.74) is 8.69. The van der Waals surface area contributed by atoms with Gasteiger partial charge >= 0.3 is 0 Å². The Morgan fingerprint density at radius 2 is 2.00 bits per heavy atom. The molecule has 1 saturated heterocycles. The summed E-state index contributed by atoms with van der Waals surface area (Å²) in [6.07, 6.45) is 4.20. The Bertz CT molecular complexity index is 426. The van der Waals surface area contributed by atoms with E-state index in [-0.39, 0.29) is 0 Å². The summed E-state index contributed by atoms with van der Waals surface area (Å²) in [7, 11) is 4.16. The van der Waals surface area contributed by atoms with E-state index in [9.17, 15) is 0 Å². The van der Waals surface area contributed by atoms with Crippen LogP contribution in [0.3, 0.4) is 0 Å². The summed E-state index contributed by atoms with van der Waals surface area (Å²) < 4.78 is 0. The highest BCUT2D eigenvalue weighted by atomic mass is 15.2. The zero-order chi connectivity index (χ0) is 13.4. The molecule has 0 amide bonds. The maximum atomic E-state index is 6.06. The molecule has 2 aliphatic rings. The van der Waals surface area contributed by atoms with Crippen LogP contribution in [-0.2, 0) is 0 Å². The first-order valence-electron chi connectivity index (χ1n) is 7.42. The third kappa shape index (κ3) is 2.37. The van der Waals surface area contributed by atoms with Crippen molar-refractivity contribution in [2.24, 2.45) is 11.7 Å². The maximum Gasteiger partial charge on any atom is 0.0473 e. The summed E-state index contributed by atoms with van der Waals surface area (Å²) in [4.78, 5) is 4.79. The second-order valence-corrected chi connectivity index (χ2v) is 6.27. The average molecular weight is 259 g/mol. The number of piperidine rings is 1. The Morgan fingerprint density at radius 1 is 1.26 bits per heavy atom. The van der Waals surface area contributed by atoms with E-state index in [1.807, 2.05) is 0 Å². The normalized spacial score (nSPS) is 27.7. The van der Waals surface area contributed by atoms with Crippen molar-refractivity contribution >= 4 is 5.69 Å². The molecule has 0 aromatic heterocycles. The van der Waals surface area contributed by atoms with Gasteiger partial charge in [0.05, 0.1) is 0 Å². The molecule has 1 saturated carbocycles. The SMILES string of the molecule is CN(C)c1ccc(C(CN)N2CC3CCC2C3)cc1. The van der Waals surface area contributed by atoms with Gasteiger partial charge in [0.15, 0.2) is 0 Å². The van der Waals surface area contributed by atoms with Crippen molar-refractivity contribution in [3.8, 4) is 0 Å². The minimum atomic E-state index is 0.409. The van der Waals surface area contributed by atoms with Gasteiger partial charge in [-0.15, -0.1) is 0 Å². The van der Waals surface area contributed by atoms with Gasteiger partial charge in [-0.05, 0) is 42.9 Å². The molecule has 3 nitrogen and oxygen atoms in total. The number of nitrogens with two attached hydrogens (primary N) is 1. The molecule has 3 heteroatoms. The fourth-order valence-corrected chi connectivity index (χ4v) is 3.80. The lowest BCUT2D eigenvalue weighted by Crippen LogP contribution is -2.39. The quantitative estimate of drug-likeness (QED) is 0.900. The van der Waals surface area contributed by atoms with E-state index >= 15 is 0 Å². The number of likely N-dealkylation sites (tertiary alicyclic amines) is 1. The van der Waals surface area contributed by atoms with Crippen LogP contribution in [-0.4, -0.2) is 38.1 Å². The van der Waals surface area contributed by atoms with Crippen molar-refractivity contribution in [2.45, 2.75) is 31.3 Å². The van der Waals surface area contributed by atoms with Crippen LogP contribution in [0, 0.1) is 5.92 Å². The third-order valence-electron chi connectivity index (χ3n) is 4.87. The van der Waals surface area contributed by atoms with Crippen LogP contribution in [0.2, 0.25) is 0 Å². The molecule has 0 spiro atoms. The standard InChI is InChI=1S/C16H25N3/c1-18(2)14-7-4-13(5-8-14)16(10-17)19-11-12-3-6-15(19)9-12/h4-5,7-8,12,15-16H,3,6,9-11,17H2,1-2H3. The molecule has 2 N–H and O–H groups in total. The monoisotopic (exact) mass is 259 g/mol. The van der Waals surface area contributed by atoms with E-state index in [1.165, 1.54) is 37.1 Å². The van der Waals surface area contributed by atoms with Crippen LogP contribution in [0.15, 0.2) is 24.3 Å². The molecule has 1 aliphatic heterocycles. The molecule has 3 unspecified atom stereocenters. The van der Waals surface area contributed by atoms with Crippen molar-refractivity contribution in [3.63, 3.8) is 0 Å². The van der Waals surface area contributed by atoms with Gasteiger partial charge < -0.3 is 10.6 Å². The molecule has 3 atom stereocenters. The molecule has 3 rings (SSSR count). The summed E-state index contributed by atoms with van der Waals surface area (Å²) in [5.74, 6) is 0.931. The fourth-order valence-electron chi connectivity index (χ4n) is 3.80. The molecule has 0 radical (unpaired) electrons. The maximum absolute atomic E-state index is 6.06. The smallest absolute Gasteiger partial charge is 0.0473 e. The Morgan fingerprint density at radius 3 is 2.47 bits per heavy atom. The van der Waals surface area contributed by atoms with Gasteiger partial charge in [0.2, 0.25) is 0 Å². The first kappa shape index (κ1) is 12.9. The Hall–Kier alpha value is -1.06.